The van der Waals surface area contributed by atoms with Crippen LogP contribution in [-0.4, -0.2) is 47.9 Å². The van der Waals surface area contributed by atoms with Gasteiger partial charge in [-0.3, -0.25) is 9.10 Å². The van der Waals surface area contributed by atoms with Crippen molar-refractivity contribution >= 4 is 21.6 Å². The summed E-state index contributed by atoms with van der Waals surface area (Å²) in [6.07, 6.45) is 5.35. The van der Waals surface area contributed by atoms with Crippen LogP contribution in [0.5, 0.6) is 11.5 Å². The SMILES string of the molecule is CCCCC(CC)CNC(=O)CN(c1ccc(OC)c(OC)c1)S(C)(=O)=O. The van der Waals surface area contributed by atoms with Gasteiger partial charge in [-0.15, -0.1) is 0 Å². The van der Waals surface area contributed by atoms with Gasteiger partial charge in [0.05, 0.1) is 26.2 Å². The quantitative estimate of drug-likeness (QED) is 0.583. The highest BCUT2D eigenvalue weighted by Gasteiger charge is 2.22. The Morgan fingerprint density at radius 1 is 1.19 bits per heavy atom. The normalized spacial score (nSPS) is 12.3. The van der Waals surface area contributed by atoms with Gasteiger partial charge < -0.3 is 14.8 Å². The van der Waals surface area contributed by atoms with Crippen molar-refractivity contribution in [3.8, 4) is 11.5 Å². The lowest BCUT2D eigenvalue weighted by Crippen LogP contribution is -2.41. The van der Waals surface area contributed by atoms with Gasteiger partial charge in [-0.25, -0.2) is 8.42 Å². The molecule has 1 aromatic rings. The third-order valence-electron chi connectivity index (χ3n) is 4.47. The standard InChI is InChI=1S/C19H32N2O5S/c1-6-8-9-15(7-2)13-20-19(22)14-21(27(5,23)24)16-10-11-17(25-3)18(12-16)26-4/h10-12,15H,6-9,13-14H2,1-5H3,(H,20,22). The Balaban J connectivity index is 2.89. The number of ether oxygens (including phenoxy) is 2. The molecule has 8 heteroatoms. The molecule has 0 saturated heterocycles. The molecule has 0 aliphatic carbocycles. The molecular weight excluding hydrogens is 368 g/mol. The first-order chi connectivity index (χ1) is 12.8. The second kappa shape index (κ2) is 11.0. The van der Waals surface area contributed by atoms with E-state index in [1.807, 2.05) is 0 Å². The van der Waals surface area contributed by atoms with Crippen molar-refractivity contribution in [1.29, 1.82) is 0 Å². The largest absolute Gasteiger partial charge is 0.493 e. The first-order valence-electron chi connectivity index (χ1n) is 9.23. The summed E-state index contributed by atoms with van der Waals surface area (Å²) in [6, 6.07) is 4.75. The molecule has 1 N–H and O–H groups in total. The molecule has 0 aliphatic heterocycles. The maximum atomic E-state index is 12.4. The molecule has 0 bridgehead atoms. The molecule has 1 amide bonds. The maximum Gasteiger partial charge on any atom is 0.240 e. The topological polar surface area (TPSA) is 84.9 Å². The van der Waals surface area contributed by atoms with Crippen LogP contribution in [0.4, 0.5) is 5.69 Å². The predicted octanol–water partition coefficient (Wildman–Crippen LogP) is 2.80. The highest BCUT2D eigenvalue weighted by molar-refractivity contribution is 7.92. The number of amides is 1. The molecule has 0 fully saturated rings. The monoisotopic (exact) mass is 400 g/mol. The molecule has 1 aromatic carbocycles. The molecule has 0 heterocycles. The van der Waals surface area contributed by atoms with Gasteiger partial charge in [-0.05, 0) is 24.5 Å². The summed E-state index contributed by atoms with van der Waals surface area (Å²) < 4.78 is 35.9. The van der Waals surface area contributed by atoms with Crippen molar-refractivity contribution < 1.29 is 22.7 Å². The number of rotatable bonds is 12. The minimum atomic E-state index is -3.64. The van der Waals surface area contributed by atoms with Crippen LogP contribution < -0.4 is 19.1 Å². The number of unbranched alkanes of at least 4 members (excludes halogenated alkanes) is 1. The minimum Gasteiger partial charge on any atom is -0.493 e. The van der Waals surface area contributed by atoms with Crippen LogP contribution in [0, 0.1) is 5.92 Å². The molecule has 0 radical (unpaired) electrons. The number of methoxy groups -OCH3 is 2. The van der Waals surface area contributed by atoms with E-state index in [1.54, 1.807) is 18.2 Å². The zero-order valence-corrected chi connectivity index (χ0v) is 17.8. The molecule has 0 aromatic heterocycles. The number of benzene rings is 1. The fraction of sp³-hybridized carbons (Fsp3) is 0.632. The highest BCUT2D eigenvalue weighted by Crippen LogP contribution is 2.32. The number of hydrogen-bond donors (Lipinski definition) is 1. The van der Waals surface area contributed by atoms with Crippen molar-refractivity contribution in [2.24, 2.45) is 5.92 Å². The van der Waals surface area contributed by atoms with Crippen molar-refractivity contribution in [2.45, 2.75) is 39.5 Å². The lowest BCUT2D eigenvalue weighted by Gasteiger charge is -2.23. The minimum absolute atomic E-state index is 0.279. The van der Waals surface area contributed by atoms with Crippen LogP contribution in [0.3, 0.4) is 0 Å². The highest BCUT2D eigenvalue weighted by atomic mass is 32.2. The number of carbonyl (C=O) groups excluding carboxylic acids is 1. The van der Waals surface area contributed by atoms with Gasteiger partial charge in [0.2, 0.25) is 15.9 Å². The zero-order valence-electron chi connectivity index (χ0n) is 16.9. The van der Waals surface area contributed by atoms with E-state index in [2.05, 4.69) is 19.2 Å². The summed E-state index contributed by atoms with van der Waals surface area (Å²) in [7, 11) is -0.665. The predicted molar refractivity (Wildman–Crippen MR) is 108 cm³/mol. The Kier molecular flexibility index (Phi) is 9.41. The van der Waals surface area contributed by atoms with E-state index in [9.17, 15) is 13.2 Å². The van der Waals surface area contributed by atoms with Crippen molar-refractivity contribution in [3.05, 3.63) is 18.2 Å². The molecular formula is C19H32N2O5S. The summed E-state index contributed by atoms with van der Waals surface area (Å²) in [4.78, 5) is 12.4. The van der Waals surface area contributed by atoms with E-state index in [0.717, 1.165) is 36.2 Å². The zero-order chi connectivity index (χ0) is 20.4. The van der Waals surface area contributed by atoms with Crippen molar-refractivity contribution in [3.63, 3.8) is 0 Å². The number of sulfonamides is 1. The summed E-state index contributed by atoms with van der Waals surface area (Å²) in [6.45, 7) is 4.51. The van der Waals surface area contributed by atoms with Crippen molar-refractivity contribution in [2.75, 3.05) is 37.9 Å². The number of nitrogens with one attached hydrogen (secondary N) is 1. The van der Waals surface area contributed by atoms with Gasteiger partial charge in [-0.2, -0.15) is 0 Å². The van der Waals surface area contributed by atoms with E-state index >= 15 is 0 Å². The number of nitrogens with zero attached hydrogens (tertiary/aromatic N) is 1. The van der Waals surface area contributed by atoms with E-state index in [-0.39, 0.29) is 12.5 Å². The number of hydrogen-bond acceptors (Lipinski definition) is 5. The van der Waals surface area contributed by atoms with Gasteiger partial charge in [0.15, 0.2) is 11.5 Å². The van der Waals surface area contributed by atoms with Crippen LogP contribution in [-0.2, 0) is 14.8 Å². The summed E-state index contributed by atoms with van der Waals surface area (Å²) in [5.41, 5.74) is 0.350. The van der Waals surface area contributed by atoms with Crippen LogP contribution in [0.15, 0.2) is 18.2 Å². The average Bonchev–Trinajstić information content (AvgIpc) is 2.64. The van der Waals surface area contributed by atoms with Gasteiger partial charge in [0, 0.05) is 12.6 Å². The number of carbonyl (C=O) groups is 1. The summed E-state index contributed by atoms with van der Waals surface area (Å²) in [5.74, 6) is 0.961. The van der Waals surface area contributed by atoms with Gasteiger partial charge in [-0.1, -0.05) is 33.1 Å². The first-order valence-corrected chi connectivity index (χ1v) is 11.1. The average molecular weight is 401 g/mol. The van der Waals surface area contributed by atoms with Crippen LogP contribution >= 0.6 is 0 Å². The fourth-order valence-electron chi connectivity index (χ4n) is 2.77. The molecule has 1 rings (SSSR count). The number of anilines is 1. The summed E-state index contributed by atoms with van der Waals surface area (Å²) >= 11 is 0. The Morgan fingerprint density at radius 2 is 1.85 bits per heavy atom. The van der Waals surface area contributed by atoms with Crippen LogP contribution in [0.1, 0.15) is 39.5 Å². The van der Waals surface area contributed by atoms with Crippen LogP contribution in [0.25, 0.3) is 0 Å². The second-order valence-electron chi connectivity index (χ2n) is 6.53. The molecule has 0 aliphatic rings. The third kappa shape index (κ3) is 7.28. The Labute approximate surface area is 163 Å². The molecule has 27 heavy (non-hydrogen) atoms. The fourth-order valence-corrected chi connectivity index (χ4v) is 3.62. The van der Waals surface area contributed by atoms with E-state index < -0.39 is 10.0 Å². The van der Waals surface area contributed by atoms with Crippen molar-refractivity contribution in [1.82, 2.24) is 5.32 Å². The van der Waals surface area contributed by atoms with E-state index in [0.29, 0.717) is 29.6 Å². The lowest BCUT2D eigenvalue weighted by molar-refractivity contribution is -0.119. The Bertz CT molecular complexity index is 706. The molecule has 7 nitrogen and oxygen atoms in total. The Morgan fingerprint density at radius 3 is 2.37 bits per heavy atom. The van der Waals surface area contributed by atoms with Crippen LogP contribution in [0.2, 0.25) is 0 Å². The molecule has 0 spiro atoms. The smallest absolute Gasteiger partial charge is 0.240 e. The molecule has 1 unspecified atom stereocenters. The van der Waals surface area contributed by atoms with Gasteiger partial charge >= 0.3 is 0 Å². The maximum absolute atomic E-state index is 12.4. The molecule has 1 atom stereocenters. The molecule has 0 saturated carbocycles. The van der Waals surface area contributed by atoms with E-state index in [4.69, 9.17) is 9.47 Å². The third-order valence-corrected chi connectivity index (χ3v) is 5.61. The Hall–Kier alpha value is -1.96. The summed E-state index contributed by atoms with van der Waals surface area (Å²) in [5, 5.41) is 2.87. The lowest BCUT2D eigenvalue weighted by atomic mass is 9.99. The first kappa shape index (κ1) is 23.1. The second-order valence-corrected chi connectivity index (χ2v) is 8.44. The van der Waals surface area contributed by atoms with Gasteiger partial charge in [0.25, 0.3) is 0 Å². The van der Waals surface area contributed by atoms with Gasteiger partial charge in [0.1, 0.15) is 6.54 Å². The molecule has 154 valence electrons. The van der Waals surface area contributed by atoms with E-state index in [1.165, 1.54) is 14.2 Å².